The topological polar surface area (TPSA) is 29.9 Å². The molecule has 1 aliphatic rings. The van der Waals surface area contributed by atoms with Crippen LogP contribution in [0.4, 0.5) is 5.95 Å². The third-order valence-electron chi connectivity index (χ3n) is 3.96. The van der Waals surface area contributed by atoms with Crippen molar-refractivity contribution in [3.63, 3.8) is 0 Å². The molecule has 1 aromatic rings. The summed E-state index contributed by atoms with van der Waals surface area (Å²) >= 11 is 0. The summed E-state index contributed by atoms with van der Waals surface area (Å²) in [7, 11) is 0. The number of imidazole rings is 1. The van der Waals surface area contributed by atoms with Crippen molar-refractivity contribution < 1.29 is 0 Å². The zero-order valence-corrected chi connectivity index (χ0v) is 12.0. The van der Waals surface area contributed by atoms with Gasteiger partial charge in [-0.15, -0.1) is 0 Å². The van der Waals surface area contributed by atoms with Crippen LogP contribution in [0, 0.1) is 17.8 Å². The average Bonchev–Trinajstić information content (AvgIpc) is 2.75. The van der Waals surface area contributed by atoms with E-state index in [0.29, 0.717) is 5.92 Å². The molecule has 3 heteroatoms. The Morgan fingerprint density at radius 2 is 2.06 bits per heavy atom. The number of anilines is 1. The third kappa shape index (κ3) is 3.76. The van der Waals surface area contributed by atoms with Crippen molar-refractivity contribution >= 4 is 5.95 Å². The van der Waals surface area contributed by atoms with Gasteiger partial charge >= 0.3 is 0 Å². The summed E-state index contributed by atoms with van der Waals surface area (Å²) in [6, 6.07) is 0. The fourth-order valence-electron chi connectivity index (χ4n) is 2.79. The Kier molecular flexibility index (Phi) is 4.67. The lowest BCUT2D eigenvalue weighted by Gasteiger charge is -2.26. The van der Waals surface area contributed by atoms with Crippen molar-refractivity contribution in [2.24, 2.45) is 17.8 Å². The molecule has 18 heavy (non-hydrogen) atoms. The fourth-order valence-corrected chi connectivity index (χ4v) is 2.79. The lowest BCUT2D eigenvalue weighted by Crippen LogP contribution is -2.21. The molecular formula is C15H27N3. The predicted molar refractivity (Wildman–Crippen MR) is 76.7 cm³/mol. The summed E-state index contributed by atoms with van der Waals surface area (Å²) in [6.07, 6.45) is 9.51. The van der Waals surface area contributed by atoms with E-state index in [-0.39, 0.29) is 0 Å². The molecule has 0 unspecified atom stereocenters. The molecule has 0 amide bonds. The molecule has 0 saturated heterocycles. The van der Waals surface area contributed by atoms with E-state index in [1.165, 1.54) is 25.7 Å². The van der Waals surface area contributed by atoms with Crippen LogP contribution >= 0.6 is 0 Å². The molecule has 3 nitrogen and oxygen atoms in total. The van der Waals surface area contributed by atoms with Gasteiger partial charge in [-0.25, -0.2) is 4.98 Å². The van der Waals surface area contributed by atoms with Crippen molar-refractivity contribution in [1.29, 1.82) is 0 Å². The van der Waals surface area contributed by atoms with Gasteiger partial charge in [0.05, 0.1) is 0 Å². The monoisotopic (exact) mass is 249 g/mol. The minimum atomic E-state index is 0.662. The van der Waals surface area contributed by atoms with Crippen molar-refractivity contribution in [1.82, 2.24) is 9.55 Å². The second kappa shape index (κ2) is 6.26. The van der Waals surface area contributed by atoms with Crippen LogP contribution in [-0.2, 0) is 6.54 Å². The molecule has 1 aromatic heterocycles. The van der Waals surface area contributed by atoms with Gasteiger partial charge in [0.25, 0.3) is 0 Å². The summed E-state index contributed by atoms with van der Waals surface area (Å²) in [5.41, 5.74) is 0. The number of nitrogens with one attached hydrogen (secondary N) is 1. The van der Waals surface area contributed by atoms with Gasteiger partial charge in [-0.1, -0.05) is 33.6 Å². The van der Waals surface area contributed by atoms with E-state index in [1.807, 2.05) is 6.20 Å². The van der Waals surface area contributed by atoms with Gasteiger partial charge in [0.2, 0.25) is 5.95 Å². The van der Waals surface area contributed by atoms with Crippen LogP contribution in [-0.4, -0.2) is 16.1 Å². The van der Waals surface area contributed by atoms with E-state index >= 15 is 0 Å². The molecule has 1 saturated carbocycles. The maximum atomic E-state index is 4.42. The summed E-state index contributed by atoms with van der Waals surface area (Å²) in [4.78, 5) is 4.42. The van der Waals surface area contributed by atoms with Crippen molar-refractivity contribution in [2.75, 3.05) is 11.9 Å². The van der Waals surface area contributed by atoms with Gasteiger partial charge < -0.3 is 9.88 Å². The van der Waals surface area contributed by atoms with E-state index in [0.717, 1.165) is 30.9 Å². The minimum Gasteiger partial charge on any atom is -0.355 e. The van der Waals surface area contributed by atoms with Crippen LogP contribution < -0.4 is 5.32 Å². The maximum Gasteiger partial charge on any atom is 0.202 e. The highest BCUT2D eigenvalue weighted by Crippen LogP contribution is 2.28. The lowest BCUT2D eigenvalue weighted by atomic mass is 9.83. The van der Waals surface area contributed by atoms with Crippen LogP contribution in [0.3, 0.4) is 0 Å². The number of hydrogen-bond acceptors (Lipinski definition) is 2. The Morgan fingerprint density at radius 1 is 1.33 bits per heavy atom. The van der Waals surface area contributed by atoms with Gasteiger partial charge in [0.1, 0.15) is 0 Å². The van der Waals surface area contributed by atoms with Gasteiger partial charge in [0.15, 0.2) is 0 Å². The number of nitrogens with zero attached hydrogens (tertiary/aromatic N) is 2. The molecule has 2 rings (SSSR count). The van der Waals surface area contributed by atoms with Crippen molar-refractivity contribution in [3.8, 4) is 0 Å². The van der Waals surface area contributed by atoms with E-state index < -0.39 is 0 Å². The molecular weight excluding hydrogens is 222 g/mol. The second-order valence-corrected chi connectivity index (χ2v) is 6.30. The Balaban J connectivity index is 1.81. The molecule has 0 atom stereocenters. The van der Waals surface area contributed by atoms with Gasteiger partial charge in [-0.05, 0) is 30.6 Å². The van der Waals surface area contributed by atoms with Crippen molar-refractivity contribution in [2.45, 2.75) is 53.0 Å². The Hall–Kier alpha value is -0.990. The molecule has 1 heterocycles. The lowest BCUT2D eigenvalue weighted by molar-refractivity contribution is 0.300. The third-order valence-corrected chi connectivity index (χ3v) is 3.96. The standard InChI is InChI=1S/C15H27N3/c1-12(2)11-18-9-8-16-15(18)17-10-14-6-4-13(3)5-7-14/h8-9,12-14H,4-7,10-11H2,1-3H3,(H,16,17). The van der Waals surface area contributed by atoms with Crippen LogP contribution in [0.25, 0.3) is 0 Å². The smallest absolute Gasteiger partial charge is 0.202 e. The zero-order valence-electron chi connectivity index (χ0n) is 12.0. The van der Waals surface area contributed by atoms with Gasteiger partial charge in [-0.2, -0.15) is 0 Å². The molecule has 0 radical (unpaired) electrons. The van der Waals surface area contributed by atoms with E-state index in [1.54, 1.807) is 0 Å². The molecule has 1 aliphatic carbocycles. The summed E-state index contributed by atoms with van der Waals surface area (Å²) in [5.74, 6) is 3.48. The van der Waals surface area contributed by atoms with Crippen LogP contribution in [0.2, 0.25) is 0 Å². The first-order valence-corrected chi connectivity index (χ1v) is 7.40. The van der Waals surface area contributed by atoms with E-state index in [9.17, 15) is 0 Å². The Morgan fingerprint density at radius 3 is 2.72 bits per heavy atom. The number of aromatic nitrogens is 2. The van der Waals surface area contributed by atoms with E-state index in [2.05, 4.69) is 41.8 Å². The Bertz CT molecular complexity index is 348. The SMILES string of the molecule is CC(C)Cn1ccnc1NCC1CCC(C)CC1. The highest BCUT2D eigenvalue weighted by molar-refractivity contribution is 5.25. The second-order valence-electron chi connectivity index (χ2n) is 6.30. The largest absolute Gasteiger partial charge is 0.355 e. The van der Waals surface area contributed by atoms with Crippen molar-refractivity contribution in [3.05, 3.63) is 12.4 Å². The quantitative estimate of drug-likeness (QED) is 0.860. The summed E-state index contributed by atoms with van der Waals surface area (Å²) in [6.45, 7) is 8.99. The van der Waals surface area contributed by atoms with Crippen LogP contribution in [0.5, 0.6) is 0 Å². The maximum absolute atomic E-state index is 4.42. The zero-order chi connectivity index (χ0) is 13.0. The summed E-state index contributed by atoms with van der Waals surface area (Å²) < 4.78 is 2.23. The molecule has 1 N–H and O–H groups in total. The Labute approximate surface area is 111 Å². The fraction of sp³-hybridized carbons (Fsp3) is 0.800. The normalized spacial score (nSPS) is 24.4. The number of hydrogen-bond donors (Lipinski definition) is 1. The van der Waals surface area contributed by atoms with Crippen LogP contribution in [0.1, 0.15) is 46.5 Å². The highest BCUT2D eigenvalue weighted by atomic mass is 15.2. The molecule has 1 fully saturated rings. The predicted octanol–water partition coefficient (Wildman–Crippen LogP) is 3.78. The molecule has 0 bridgehead atoms. The molecule has 0 aromatic carbocycles. The minimum absolute atomic E-state index is 0.662. The highest BCUT2D eigenvalue weighted by Gasteiger charge is 2.18. The molecule has 0 spiro atoms. The average molecular weight is 249 g/mol. The van der Waals surface area contributed by atoms with Gasteiger partial charge in [0, 0.05) is 25.5 Å². The first kappa shape index (κ1) is 13.4. The van der Waals surface area contributed by atoms with Crippen LogP contribution in [0.15, 0.2) is 12.4 Å². The van der Waals surface area contributed by atoms with Gasteiger partial charge in [-0.3, -0.25) is 0 Å². The molecule has 0 aliphatic heterocycles. The first-order valence-electron chi connectivity index (χ1n) is 7.40. The summed E-state index contributed by atoms with van der Waals surface area (Å²) in [5, 5.41) is 3.54. The first-order chi connectivity index (χ1) is 8.65. The number of rotatable bonds is 5. The van der Waals surface area contributed by atoms with E-state index in [4.69, 9.17) is 0 Å². The molecule has 102 valence electrons.